The minimum absolute atomic E-state index is 0.0573. The van der Waals surface area contributed by atoms with Crippen LogP contribution in [0.3, 0.4) is 0 Å². The van der Waals surface area contributed by atoms with Crippen molar-refractivity contribution in [1.82, 2.24) is 14.6 Å². The van der Waals surface area contributed by atoms with Crippen LogP contribution < -0.4 is 0 Å². The fourth-order valence-corrected chi connectivity index (χ4v) is 2.55. The Balaban J connectivity index is 2.41. The maximum absolute atomic E-state index is 13.3. The molecule has 1 aromatic carbocycles. The number of aromatic nitrogens is 3. The first-order valence-corrected chi connectivity index (χ1v) is 6.85. The minimum Gasteiger partial charge on any atom is -0.233 e. The highest BCUT2D eigenvalue weighted by Crippen LogP contribution is 2.39. The van der Waals surface area contributed by atoms with Crippen molar-refractivity contribution in [2.45, 2.75) is 20.0 Å². The summed E-state index contributed by atoms with van der Waals surface area (Å²) in [4.78, 5) is 4.19. The smallest absolute Gasteiger partial charge is 0.233 e. The second-order valence-corrected chi connectivity index (χ2v) is 5.43. The summed E-state index contributed by atoms with van der Waals surface area (Å²) in [5.74, 6) is 0. The molecule has 0 bridgehead atoms. The molecule has 22 heavy (non-hydrogen) atoms. The quantitative estimate of drug-likeness (QED) is 0.608. The van der Waals surface area contributed by atoms with Crippen molar-refractivity contribution in [3.8, 4) is 11.1 Å². The Bertz CT molecular complexity index is 851. The molecule has 3 rings (SSSR count). The number of alkyl halides is 3. The van der Waals surface area contributed by atoms with E-state index in [0.29, 0.717) is 11.3 Å². The Morgan fingerprint density at radius 2 is 1.73 bits per heavy atom. The van der Waals surface area contributed by atoms with Gasteiger partial charge in [-0.25, -0.2) is 9.50 Å². The largest absolute Gasteiger partial charge is 0.435 e. The molecule has 2 heterocycles. The van der Waals surface area contributed by atoms with E-state index in [9.17, 15) is 13.2 Å². The average Bonchev–Trinajstić information content (AvgIpc) is 2.79. The van der Waals surface area contributed by atoms with Gasteiger partial charge in [-0.1, -0.05) is 41.4 Å². The molecule has 0 spiro atoms. The van der Waals surface area contributed by atoms with Crippen LogP contribution in [-0.4, -0.2) is 14.6 Å². The molecule has 0 atom stereocenters. The van der Waals surface area contributed by atoms with Gasteiger partial charge >= 0.3 is 6.18 Å². The lowest BCUT2D eigenvalue weighted by molar-refractivity contribution is -0.140. The van der Waals surface area contributed by atoms with Gasteiger partial charge in [0.05, 0.1) is 5.56 Å². The van der Waals surface area contributed by atoms with E-state index in [2.05, 4.69) is 10.1 Å². The van der Waals surface area contributed by atoms with Gasteiger partial charge in [-0.05, 0) is 25.5 Å². The first-order chi connectivity index (χ1) is 10.3. The molecule has 0 radical (unpaired) electrons. The Morgan fingerprint density at radius 1 is 1.09 bits per heavy atom. The zero-order chi connectivity index (χ0) is 16.1. The molecule has 7 heteroatoms. The van der Waals surface area contributed by atoms with E-state index < -0.39 is 11.9 Å². The fraction of sp³-hybridized carbons (Fsp3) is 0.200. The standard InChI is InChI=1S/C15H11ClF3N3/c1-8-3-5-10(6-4-8)12-13(15(17,18)19)21-22-11(16)7-9(2)20-14(12)22/h3-7H,1-2H3. The molecule has 0 amide bonds. The van der Waals surface area contributed by atoms with Crippen LogP contribution in [0.25, 0.3) is 16.8 Å². The normalized spacial score (nSPS) is 12.1. The number of rotatable bonds is 1. The van der Waals surface area contributed by atoms with Gasteiger partial charge in [0.1, 0.15) is 5.15 Å². The summed E-state index contributed by atoms with van der Waals surface area (Å²) in [7, 11) is 0. The zero-order valence-electron chi connectivity index (χ0n) is 11.7. The fourth-order valence-electron chi connectivity index (χ4n) is 2.28. The van der Waals surface area contributed by atoms with Crippen molar-refractivity contribution in [1.29, 1.82) is 0 Å². The second-order valence-electron chi connectivity index (χ2n) is 5.04. The maximum Gasteiger partial charge on any atom is 0.435 e. The molecule has 3 nitrogen and oxygen atoms in total. The van der Waals surface area contributed by atoms with Crippen LogP contribution in [0.1, 0.15) is 17.0 Å². The Hall–Kier alpha value is -2.08. The SMILES string of the molecule is Cc1ccc(-c2c(C(F)(F)F)nn3c(Cl)cc(C)nc23)cc1. The molecule has 0 saturated heterocycles. The topological polar surface area (TPSA) is 30.2 Å². The first-order valence-electron chi connectivity index (χ1n) is 6.47. The molecular formula is C15H11ClF3N3. The van der Waals surface area contributed by atoms with E-state index in [1.54, 1.807) is 31.2 Å². The van der Waals surface area contributed by atoms with E-state index in [1.807, 2.05) is 6.92 Å². The van der Waals surface area contributed by atoms with E-state index >= 15 is 0 Å². The summed E-state index contributed by atoms with van der Waals surface area (Å²) < 4.78 is 41.0. The Labute approximate surface area is 129 Å². The summed E-state index contributed by atoms with van der Waals surface area (Å²) in [6.07, 6.45) is -4.59. The van der Waals surface area contributed by atoms with Crippen LogP contribution in [0, 0.1) is 13.8 Å². The van der Waals surface area contributed by atoms with Gasteiger partial charge in [-0.15, -0.1) is 0 Å². The van der Waals surface area contributed by atoms with Gasteiger partial charge in [0, 0.05) is 5.69 Å². The van der Waals surface area contributed by atoms with E-state index in [-0.39, 0.29) is 16.4 Å². The lowest BCUT2D eigenvalue weighted by atomic mass is 10.0. The third-order valence-corrected chi connectivity index (χ3v) is 3.55. The van der Waals surface area contributed by atoms with Crippen molar-refractivity contribution in [3.05, 3.63) is 52.4 Å². The summed E-state index contributed by atoms with van der Waals surface area (Å²) in [6, 6.07) is 8.21. The molecule has 0 fully saturated rings. The maximum atomic E-state index is 13.3. The molecule has 0 aliphatic carbocycles. The Kier molecular flexibility index (Phi) is 3.36. The number of halogens is 4. The van der Waals surface area contributed by atoms with Gasteiger partial charge < -0.3 is 0 Å². The highest BCUT2D eigenvalue weighted by Gasteiger charge is 2.39. The van der Waals surface area contributed by atoms with Gasteiger partial charge in [0.2, 0.25) is 0 Å². The number of hydrogen-bond donors (Lipinski definition) is 0. The van der Waals surface area contributed by atoms with Crippen molar-refractivity contribution in [2.75, 3.05) is 0 Å². The highest BCUT2D eigenvalue weighted by atomic mass is 35.5. The number of nitrogens with zero attached hydrogens (tertiary/aromatic N) is 3. The zero-order valence-corrected chi connectivity index (χ0v) is 12.5. The van der Waals surface area contributed by atoms with Crippen LogP contribution in [0.5, 0.6) is 0 Å². The van der Waals surface area contributed by atoms with Crippen molar-refractivity contribution < 1.29 is 13.2 Å². The lowest BCUT2D eigenvalue weighted by Crippen LogP contribution is -2.07. The van der Waals surface area contributed by atoms with Gasteiger partial charge in [0.15, 0.2) is 11.3 Å². The highest BCUT2D eigenvalue weighted by molar-refractivity contribution is 6.29. The molecular weight excluding hydrogens is 315 g/mol. The van der Waals surface area contributed by atoms with E-state index in [0.717, 1.165) is 10.1 Å². The van der Waals surface area contributed by atoms with Crippen LogP contribution in [0.4, 0.5) is 13.2 Å². The van der Waals surface area contributed by atoms with Crippen LogP contribution in [0.15, 0.2) is 30.3 Å². The number of aryl methyl sites for hydroxylation is 2. The van der Waals surface area contributed by atoms with Crippen molar-refractivity contribution >= 4 is 17.2 Å². The molecule has 0 aliphatic heterocycles. The minimum atomic E-state index is -4.59. The molecule has 0 unspecified atom stereocenters. The predicted octanol–water partition coefficient (Wildman–Crippen LogP) is 4.69. The number of fused-ring (bicyclic) bond motifs is 1. The number of hydrogen-bond acceptors (Lipinski definition) is 2. The molecule has 2 aromatic heterocycles. The van der Waals surface area contributed by atoms with Crippen molar-refractivity contribution in [3.63, 3.8) is 0 Å². The molecule has 3 aromatic rings. The molecule has 114 valence electrons. The van der Waals surface area contributed by atoms with Gasteiger partial charge in [-0.2, -0.15) is 18.3 Å². The summed E-state index contributed by atoms with van der Waals surface area (Å²) in [6.45, 7) is 3.54. The third-order valence-electron chi connectivity index (χ3n) is 3.28. The van der Waals surface area contributed by atoms with E-state index in [1.165, 1.54) is 6.07 Å². The van der Waals surface area contributed by atoms with Gasteiger partial charge in [0.25, 0.3) is 0 Å². The third kappa shape index (κ3) is 2.43. The average molecular weight is 326 g/mol. The second kappa shape index (κ2) is 4.98. The number of benzene rings is 1. The summed E-state index contributed by atoms with van der Waals surface area (Å²) in [5, 5.41) is 3.71. The van der Waals surface area contributed by atoms with Crippen molar-refractivity contribution in [2.24, 2.45) is 0 Å². The van der Waals surface area contributed by atoms with E-state index in [4.69, 9.17) is 11.6 Å². The summed E-state index contributed by atoms with van der Waals surface area (Å²) >= 11 is 6.00. The summed E-state index contributed by atoms with van der Waals surface area (Å²) in [5.41, 5.74) is 0.938. The lowest BCUT2D eigenvalue weighted by Gasteiger charge is -2.06. The first kappa shape index (κ1) is 14.8. The van der Waals surface area contributed by atoms with Crippen LogP contribution in [0.2, 0.25) is 5.15 Å². The molecule has 0 aliphatic rings. The van der Waals surface area contributed by atoms with Crippen LogP contribution >= 0.6 is 11.6 Å². The monoisotopic (exact) mass is 325 g/mol. The Morgan fingerprint density at radius 3 is 2.32 bits per heavy atom. The van der Waals surface area contributed by atoms with Crippen LogP contribution in [-0.2, 0) is 6.18 Å². The molecule has 0 N–H and O–H groups in total. The molecule has 0 saturated carbocycles. The van der Waals surface area contributed by atoms with Gasteiger partial charge in [-0.3, -0.25) is 0 Å². The predicted molar refractivity (Wildman–Crippen MR) is 77.9 cm³/mol.